The van der Waals surface area contributed by atoms with Gasteiger partial charge in [-0.2, -0.15) is 0 Å². The van der Waals surface area contributed by atoms with Crippen molar-refractivity contribution in [2.75, 3.05) is 5.32 Å². The van der Waals surface area contributed by atoms with Crippen LogP contribution in [-0.2, 0) is 11.2 Å². The Hall–Kier alpha value is -3.32. The molecule has 32 heavy (non-hydrogen) atoms. The number of hydrogen-bond acceptors (Lipinski definition) is 4. The van der Waals surface area contributed by atoms with E-state index in [0.29, 0.717) is 11.3 Å². The van der Waals surface area contributed by atoms with Crippen LogP contribution in [0.4, 0.5) is 5.69 Å². The predicted molar refractivity (Wildman–Crippen MR) is 130 cm³/mol. The van der Waals surface area contributed by atoms with Crippen LogP contribution in [-0.4, -0.2) is 21.1 Å². The summed E-state index contributed by atoms with van der Waals surface area (Å²) in [6, 6.07) is 17.7. The van der Waals surface area contributed by atoms with Crippen molar-refractivity contribution >= 4 is 34.3 Å². The van der Waals surface area contributed by atoms with E-state index in [1.54, 1.807) is 11.8 Å². The van der Waals surface area contributed by atoms with Gasteiger partial charge in [-0.25, -0.2) is 4.98 Å². The minimum atomic E-state index is -0.155. The number of fused-ring (bicyclic) bond motifs is 1. The van der Waals surface area contributed by atoms with Crippen molar-refractivity contribution in [3.63, 3.8) is 0 Å². The van der Waals surface area contributed by atoms with Crippen molar-refractivity contribution in [3.8, 4) is 11.3 Å². The van der Waals surface area contributed by atoms with Crippen LogP contribution in [0.15, 0.2) is 69.2 Å². The number of H-pyrrole nitrogens is 2. The maximum atomic E-state index is 12.5. The van der Waals surface area contributed by atoms with Crippen molar-refractivity contribution in [3.05, 3.63) is 70.6 Å². The Labute approximate surface area is 190 Å². The number of pyridine rings is 1. The van der Waals surface area contributed by atoms with Gasteiger partial charge < -0.3 is 10.4 Å². The summed E-state index contributed by atoms with van der Waals surface area (Å²) in [6.45, 7) is 5.82. The number of aromatic nitrogens is 3. The van der Waals surface area contributed by atoms with E-state index < -0.39 is 0 Å². The molecule has 3 N–H and O–H groups in total. The summed E-state index contributed by atoms with van der Waals surface area (Å²) in [5, 5.41) is 9.65. The van der Waals surface area contributed by atoms with Gasteiger partial charge in [-0.15, -0.1) is 0 Å². The standard InChI is InChI=1S/C25H26N4O2S/c1-4-7-20-23(25(31)29-28-20)21-14-22(18-8-5-6-9-19(18)27-21)32-17-12-10-16(11-13-17)26-24(30)15(2)3/h5-6,8-15H,4,7H2,1-3H3,(H,26,30)(H2,28,29,31). The Bertz CT molecular complexity index is 1310. The van der Waals surface area contributed by atoms with Crippen LogP contribution >= 0.6 is 11.8 Å². The quantitative estimate of drug-likeness (QED) is 0.344. The molecule has 0 atom stereocenters. The van der Waals surface area contributed by atoms with Crippen LogP contribution in [0, 0.1) is 5.92 Å². The molecule has 0 spiro atoms. The molecule has 0 aliphatic rings. The molecule has 0 bridgehead atoms. The summed E-state index contributed by atoms with van der Waals surface area (Å²) in [6.07, 6.45) is 1.70. The molecule has 2 heterocycles. The Balaban J connectivity index is 1.71. The average Bonchev–Trinajstić information content (AvgIpc) is 3.15. The Morgan fingerprint density at radius 3 is 2.56 bits per heavy atom. The van der Waals surface area contributed by atoms with Gasteiger partial charge in [-0.05, 0) is 42.8 Å². The SMILES string of the molecule is CCCc1[nH][nH]c(=O)c1-c1cc(Sc2ccc(NC(=O)C(C)C)cc2)c2ccccc2n1. The number of aromatic amines is 2. The third kappa shape index (κ3) is 4.62. The normalized spacial score (nSPS) is 11.2. The molecule has 0 aliphatic carbocycles. The fraction of sp³-hybridized carbons (Fsp3) is 0.240. The van der Waals surface area contributed by atoms with Crippen molar-refractivity contribution in [1.29, 1.82) is 0 Å². The molecule has 4 aromatic rings. The Morgan fingerprint density at radius 1 is 1.09 bits per heavy atom. The van der Waals surface area contributed by atoms with Crippen LogP contribution in [0.5, 0.6) is 0 Å². The number of carbonyl (C=O) groups excluding carboxylic acids is 1. The molecule has 0 radical (unpaired) electrons. The number of hydrogen-bond donors (Lipinski definition) is 3. The van der Waals surface area contributed by atoms with Gasteiger partial charge in [0.1, 0.15) is 0 Å². The lowest BCUT2D eigenvalue weighted by atomic mass is 10.1. The first-order valence-electron chi connectivity index (χ1n) is 10.7. The van der Waals surface area contributed by atoms with Gasteiger partial charge in [0.25, 0.3) is 5.56 Å². The number of nitrogens with zero attached hydrogens (tertiary/aromatic N) is 1. The lowest BCUT2D eigenvalue weighted by Gasteiger charge is -2.11. The lowest BCUT2D eigenvalue weighted by molar-refractivity contribution is -0.118. The van der Waals surface area contributed by atoms with E-state index in [0.717, 1.165) is 44.9 Å². The van der Waals surface area contributed by atoms with Crippen molar-refractivity contribution in [2.45, 2.75) is 43.4 Å². The van der Waals surface area contributed by atoms with Gasteiger partial charge in [0.05, 0.1) is 16.8 Å². The number of benzene rings is 2. The minimum Gasteiger partial charge on any atom is -0.326 e. The number of carbonyl (C=O) groups is 1. The highest BCUT2D eigenvalue weighted by Crippen LogP contribution is 2.36. The minimum absolute atomic E-state index is 0.00483. The van der Waals surface area contributed by atoms with E-state index in [4.69, 9.17) is 4.98 Å². The largest absolute Gasteiger partial charge is 0.326 e. The number of amides is 1. The van der Waals surface area contributed by atoms with E-state index in [9.17, 15) is 9.59 Å². The van der Waals surface area contributed by atoms with Crippen LogP contribution in [0.25, 0.3) is 22.2 Å². The summed E-state index contributed by atoms with van der Waals surface area (Å²) in [7, 11) is 0. The first kappa shape index (κ1) is 21.9. The zero-order valence-corrected chi connectivity index (χ0v) is 19.2. The number of anilines is 1. The van der Waals surface area contributed by atoms with E-state index in [-0.39, 0.29) is 17.4 Å². The number of rotatable bonds is 7. The fourth-order valence-corrected chi connectivity index (χ4v) is 4.46. The number of para-hydroxylation sites is 1. The van der Waals surface area contributed by atoms with E-state index in [2.05, 4.69) is 22.4 Å². The third-order valence-electron chi connectivity index (χ3n) is 5.16. The Kier molecular flexibility index (Phi) is 6.46. The summed E-state index contributed by atoms with van der Waals surface area (Å²) in [4.78, 5) is 31.3. The molecular formula is C25H26N4O2S. The number of aryl methyl sites for hydroxylation is 1. The fourth-order valence-electron chi connectivity index (χ4n) is 3.48. The molecule has 1 amide bonds. The van der Waals surface area contributed by atoms with Crippen molar-refractivity contribution in [2.24, 2.45) is 5.92 Å². The smallest absolute Gasteiger partial charge is 0.273 e. The van der Waals surface area contributed by atoms with Gasteiger partial charge in [0.15, 0.2) is 0 Å². The second-order valence-electron chi connectivity index (χ2n) is 7.98. The molecule has 0 saturated carbocycles. The van der Waals surface area contributed by atoms with Gasteiger partial charge >= 0.3 is 0 Å². The first-order valence-corrected chi connectivity index (χ1v) is 11.6. The van der Waals surface area contributed by atoms with Gasteiger partial charge in [0, 0.05) is 32.5 Å². The van der Waals surface area contributed by atoms with E-state index in [1.165, 1.54) is 0 Å². The molecule has 7 heteroatoms. The molecule has 164 valence electrons. The maximum Gasteiger partial charge on any atom is 0.273 e. The molecule has 0 fully saturated rings. The monoisotopic (exact) mass is 446 g/mol. The molecule has 0 aliphatic heterocycles. The van der Waals surface area contributed by atoms with Crippen molar-refractivity contribution < 1.29 is 4.79 Å². The van der Waals surface area contributed by atoms with Crippen LogP contribution in [0.1, 0.15) is 32.9 Å². The zero-order chi connectivity index (χ0) is 22.7. The van der Waals surface area contributed by atoms with Gasteiger partial charge in [-0.1, -0.05) is 57.2 Å². The van der Waals surface area contributed by atoms with E-state index in [1.807, 2.05) is 68.4 Å². The highest BCUT2D eigenvalue weighted by Gasteiger charge is 2.16. The Morgan fingerprint density at radius 2 is 1.84 bits per heavy atom. The highest BCUT2D eigenvalue weighted by atomic mass is 32.2. The van der Waals surface area contributed by atoms with Gasteiger partial charge in [-0.3, -0.25) is 14.7 Å². The molecule has 2 aromatic heterocycles. The molecule has 0 saturated heterocycles. The van der Waals surface area contributed by atoms with Crippen molar-refractivity contribution in [1.82, 2.24) is 15.2 Å². The van der Waals surface area contributed by atoms with Crippen LogP contribution < -0.4 is 10.9 Å². The summed E-state index contributed by atoms with van der Waals surface area (Å²) in [5.41, 5.74) is 3.61. The summed E-state index contributed by atoms with van der Waals surface area (Å²) < 4.78 is 0. The second kappa shape index (κ2) is 9.44. The van der Waals surface area contributed by atoms with Gasteiger partial charge in [0.2, 0.25) is 5.91 Å². The topological polar surface area (TPSA) is 90.6 Å². The number of nitrogens with one attached hydrogen (secondary N) is 3. The molecule has 4 rings (SSSR count). The molecular weight excluding hydrogens is 420 g/mol. The van der Waals surface area contributed by atoms with Crippen LogP contribution in [0.2, 0.25) is 0 Å². The zero-order valence-electron chi connectivity index (χ0n) is 18.4. The first-order chi connectivity index (χ1) is 15.5. The highest BCUT2D eigenvalue weighted by molar-refractivity contribution is 7.99. The molecule has 0 unspecified atom stereocenters. The molecule has 6 nitrogen and oxygen atoms in total. The summed E-state index contributed by atoms with van der Waals surface area (Å²) in [5.74, 6) is -0.0744. The maximum absolute atomic E-state index is 12.5. The summed E-state index contributed by atoms with van der Waals surface area (Å²) >= 11 is 1.61. The third-order valence-corrected chi connectivity index (χ3v) is 6.23. The predicted octanol–water partition coefficient (Wildman–Crippen LogP) is 5.62. The second-order valence-corrected chi connectivity index (χ2v) is 9.09. The van der Waals surface area contributed by atoms with E-state index >= 15 is 0 Å². The lowest BCUT2D eigenvalue weighted by Crippen LogP contribution is -2.17. The molecule has 2 aromatic carbocycles. The average molecular weight is 447 g/mol. The van der Waals surface area contributed by atoms with Crippen LogP contribution in [0.3, 0.4) is 0 Å².